The molecule has 0 heterocycles. The van der Waals surface area contributed by atoms with Crippen LogP contribution in [0.15, 0.2) is 24.3 Å². The number of nitrogens with one attached hydrogen (secondary N) is 1. The Hall–Kier alpha value is -1.43. The summed E-state index contributed by atoms with van der Waals surface area (Å²) < 4.78 is 5.17. The van der Waals surface area contributed by atoms with Gasteiger partial charge in [0.15, 0.2) is 0 Å². The zero-order valence-electron chi connectivity index (χ0n) is 11.5. The fourth-order valence-corrected chi connectivity index (χ4v) is 3.14. The van der Waals surface area contributed by atoms with Crippen LogP contribution in [0.25, 0.3) is 0 Å². The number of carbonyl (C=O) groups is 1. The van der Waals surface area contributed by atoms with E-state index < -0.39 is 11.6 Å². The van der Waals surface area contributed by atoms with E-state index in [-0.39, 0.29) is 18.1 Å². The van der Waals surface area contributed by atoms with E-state index in [2.05, 4.69) is 5.32 Å². The Balaban J connectivity index is 1.71. The lowest BCUT2D eigenvalue weighted by atomic mass is 9.74. The largest absolute Gasteiger partial charge is 0.390 e. The Labute approximate surface area is 118 Å². The summed E-state index contributed by atoms with van der Waals surface area (Å²) in [6.07, 6.45) is 1.10. The number of hydrogen-bond donors (Lipinski definition) is 3. The van der Waals surface area contributed by atoms with Gasteiger partial charge in [-0.05, 0) is 11.1 Å². The van der Waals surface area contributed by atoms with E-state index in [1.54, 1.807) is 7.11 Å². The zero-order chi connectivity index (χ0) is 14.3. The number of fused-ring (bicyclic) bond motifs is 1. The molecule has 1 aromatic rings. The van der Waals surface area contributed by atoms with Crippen LogP contribution in [0, 0.1) is 0 Å². The molecule has 0 saturated heterocycles. The molecule has 4 N–H and O–H groups in total. The van der Waals surface area contributed by atoms with Crippen molar-refractivity contribution in [3.05, 3.63) is 35.4 Å². The van der Waals surface area contributed by atoms with Crippen molar-refractivity contribution < 1.29 is 14.6 Å². The van der Waals surface area contributed by atoms with Gasteiger partial charge in [-0.3, -0.25) is 4.79 Å². The van der Waals surface area contributed by atoms with E-state index in [9.17, 15) is 9.90 Å². The van der Waals surface area contributed by atoms with Gasteiger partial charge in [0.1, 0.15) is 5.54 Å². The average molecular weight is 276 g/mol. The van der Waals surface area contributed by atoms with Crippen molar-refractivity contribution in [3.63, 3.8) is 0 Å². The van der Waals surface area contributed by atoms with Crippen molar-refractivity contribution in [3.8, 4) is 0 Å². The van der Waals surface area contributed by atoms with Gasteiger partial charge in [-0.15, -0.1) is 0 Å². The highest BCUT2D eigenvalue weighted by atomic mass is 16.5. The van der Waals surface area contributed by atoms with Crippen LogP contribution in [-0.2, 0) is 16.0 Å². The predicted molar refractivity (Wildman–Crippen MR) is 74.0 cm³/mol. The summed E-state index contributed by atoms with van der Waals surface area (Å²) in [5.74, 6) is -0.202. The second-order valence-electron chi connectivity index (χ2n) is 5.84. The standard InChI is InChI=1S/C15H20N2O3/c1-20-10-7-15(16,8-10)14(19)17-13-11-5-3-2-4-9(11)6-12(13)18/h2-5,10,12-13,18H,6-8,16H2,1H3,(H,17,19)/t10?,12-,13-,15?/m1/s1. The van der Waals surface area contributed by atoms with Crippen LogP contribution < -0.4 is 11.1 Å². The minimum Gasteiger partial charge on any atom is -0.390 e. The molecule has 20 heavy (non-hydrogen) atoms. The minimum absolute atomic E-state index is 0.0616. The summed E-state index contributed by atoms with van der Waals surface area (Å²) in [7, 11) is 1.62. The van der Waals surface area contributed by atoms with E-state index in [1.165, 1.54) is 0 Å². The van der Waals surface area contributed by atoms with Gasteiger partial charge in [0.25, 0.3) is 0 Å². The zero-order valence-corrected chi connectivity index (χ0v) is 11.5. The van der Waals surface area contributed by atoms with Crippen LogP contribution in [0.4, 0.5) is 0 Å². The molecule has 3 rings (SSSR count). The second-order valence-corrected chi connectivity index (χ2v) is 5.84. The lowest BCUT2D eigenvalue weighted by Gasteiger charge is -2.43. The average Bonchev–Trinajstić information content (AvgIpc) is 2.71. The summed E-state index contributed by atoms with van der Waals surface area (Å²) in [5, 5.41) is 13.0. The third-order valence-corrected chi connectivity index (χ3v) is 4.46. The van der Waals surface area contributed by atoms with Crippen LogP contribution in [0.3, 0.4) is 0 Å². The first-order chi connectivity index (χ1) is 9.53. The molecular formula is C15H20N2O3. The molecule has 2 aliphatic rings. The Morgan fingerprint density at radius 2 is 2.15 bits per heavy atom. The quantitative estimate of drug-likeness (QED) is 0.739. The molecule has 2 atom stereocenters. The van der Waals surface area contributed by atoms with Gasteiger partial charge in [-0.2, -0.15) is 0 Å². The lowest BCUT2D eigenvalue weighted by Crippen LogP contribution is -2.64. The topological polar surface area (TPSA) is 84.6 Å². The van der Waals surface area contributed by atoms with E-state index in [4.69, 9.17) is 10.5 Å². The highest BCUT2D eigenvalue weighted by Crippen LogP contribution is 2.35. The Morgan fingerprint density at radius 3 is 2.85 bits per heavy atom. The molecule has 2 aliphatic carbocycles. The van der Waals surface area contributed by atoms with Gasteiger partial charge >= 0.3 is 0 Å². The monoisotopic (exact) mass is 276 g/mol. The van der Waals surface area contributed by atoms with Gasteiger partial charge in [0, 0.05) is 26.4 Å². The maximum atomic E-state index is 12.3. The summed E-state index contributed by atoms with van der Waals surface area (Å²) in [6, 6.07) is 7.42. The first kappa shape index (κ1) is 13.5. The van der Waals surface area contributed by atoms with E-state index >= 15 is 0 Å². The fourth-order valence-electron chi connectivity index (χ4n) is 3.14. The molecule has 0 aliphatic heterocycles. The van der Waals surface area contributed by atoms with E-state index in [1.807, 2.05) is 24.3 Å². The molecule has 108 valence electrons. The van der Waals surface area contributed by atoms with Crippen molar-refractivity contribution in [2.24, 2.45) is 5.73 Å². The smallest absolute Gasteiger partial charge is 0.240 e. The number of methoxy groups -OCH3 is 1. The lowest BCUT2D eigenvalue weighted by molar-refractivity contribution is -0.137. The van der Waals surface area contributed by atoms with Crippen LogP contribution >= 0.6 is 0 Å². The maximum Gasteiger partial charge on any atom is 0.240 e. The second kappa shape index (κ2) is 4.84. The van der Waals surface area contributed by atoms with Crippen molar-refractivity contribution in [2.75, 3.05) is 7.11 Å². The number of benzene rings is 1. The number of ether oxygens (including phenoxy) is 1. The molecule has 0 unspecified atom stereocenters. The molecule has 0 aromatic heterocycles. The minimum atomic E-state index is -0.863. The van der Waals surface area contributed by atoms with Gasteiger partial charge in [0.2, 0.25) is 5.91 Å². The van der Waals surface area contributed by atoms with Crippen LogP contribution in [0.1, 0.15) is 30.0 Å². The number of hydrogen-bond acceptors (Lipinski definition) is 4. The highest BCUT2D eigenvalue weighted by molar-refractivity contribution is 5.88. The summed E-state index contributed by atoms with van der Waals surface area (Å²) in [5.41, 5.74) is 7.29. The molecule has 0 bridgehead atoms. The first-order valence-electron chi connectivity index (χ1n) is 6.92. The van der Waals surface area contributed by atoms with Gasteiger partial charge in [-0.25, -0.2) is 0 Å². The Morgan fingerprint density at radius 1 is 1.45 bits per heavy atom. The SMILES string of the molecule is COC1CC(N)(C(=O)N[C@@H]2c3ccccc3C[C@H]2O)C1. The third-order valence-electron chi connectivity index (χ3n) is 4.46. The molecule has 1 fully saturated rings. The molecule has 5 heteroatoms. The van der Waals surface area contributed by atoms with Gasteiger partial charge < -0.3 is 20.9 Å². The summed E-state index contributed by atoms with van der Waals surface area (Å²) in [6.45, 7) is 0. The third kappa shape index (κ3) is 2.12. The summed E-state index contributed by atoms with van der Waals surface area (Å²) >= 11 is 0. The number of rotatable bonds is 3. The number of aliphatic hydroxyl groups excluding tert-OH is 1. The van der Waals surface area contributed by atoms with Crippen LogP contribution in [0.2, 0.25) is 0 Å². The van der Waals surface area contributed by atoms with Crippen molar-refractivity contribution in [1.29, 1.82) is 0 Å². The first-order valence-corrected chi connectivity index (χ1v) is 6.92. The number of amides is 1. The predicted octanol–water partition coefficient (Wildman–Crippen LogP) is 0.267. The Kier molecular flexibility index (Phi) is 3.28. The number of carbonyl (C=O) groups excluding carboxylic acids is 1. The molecule has 1 aromatic carbocycles. The summed E-state index contributed by atoms with van der Waals surface area (Å²) in [4.78, 5) is 12.3. The van der Waals surface area contributed by atoms with Crippen LogP contribution in [-0.4, -0.2) is 35.9 Å². The molecule has 0 radical (unpaired) electrons. The Bertz CT molecular complexity index is 526. The highest BCUT2D eigenvalue weighted by Gasteiger charge is 2.48. The van der Waals surface area contributed by atoms with Gasteiger partial charge in [-0.1, -0.05) is 24.3 Å². The number of nitrogens with two attached hydrogens (primary N) is 1. The van der Waals surface area contributed by atoms with Crippen molar-refractivity contribution in [2.45, 2.75) is 43.1 Å². The van der Waals surface area contributed by atoms with E-state index in [0.29, 0.717) is 19.3 Å². The van der Waals surface area contributed by atoms with Crippen molar-refractivity contribution in [1.82, 2.24) is 5.32 Å². The van der Waals surface area contributed by atoms with E-state index in [0.717, 1.165) is 11.1 Å². The maximum absolute atomic E-state index is 12.3. The van der Waals surface area contributed by atoms with Crippen LogP contribution in [0.5, 0.6) is 0 Å². The molecule has 0 spiro atoms. The fraction of sp³-hybridized carbons (Fsp3) is 0.533. The molecule has 1 amide bonds. The molecule has 1 saturated carbocycles. The normalized spacial score (nSPS) is 35.2. The van der Waals surface area contributed by atoms with Crippen molar-refractivity contribution >= 4 is 5.91 Å². The number of aliphatic hydroxyl groups is 1. The van der Waals surface area contributed by atoms with Gasteiger partial charge in [0.05, 0.1) is 18.2 Å². The molecule has 5 nitrogen and oxygen atoms in total. The molecular weight excluding hydrogens is 256 g/mol.